The number of aliphatic carboxylic acids is 1. The third-order valence-corrected chi connectivity index (χ3v) is 0.685. The Morgan fingerprint density at radius 3 is 2.78 bits per heavy atom. The number of carboxylic acid groups (broad SMARTS) is 1. The highest BCUT2D eigenvalue weighted by Crippen LogP contribution is 1.95. The quantitative estimate of drug-likeness (QED) is 0.448. The SMILES string of the molecule is CC(CC(=O)O)ON=O. The number of carboxylic acids is 1. The molecule has 5 heteroatoms. The van der Waals surface area contributed by atoms with Gasteiger partial charge in [-0.05, 0) is 6.92 Å². The predicted molar refractivity (Wildman–Crippen MR) is 28.6 cm³/mol. The lowest BCUT2D eigenvalue weighted by Crippen LogP contribution is -2.10. The van der Waals surface area contributed by atoms with Crippen molar-refractivity contribution in [3.63, 3.8) is 0 Å². The molecule has 1 atom stereocenters. The van der Waals surface area contributed by atoms with Gasteiger partial charge in [0.1, 0.15) is 6.10 Å². The van der Waals surface area contributed by atoms with E-state index in [4.69, 9.17) is 5.11 Å². The Bertz CT molecular complexity index is 113. The Hall–Kier alpha value is -1.13. The van der Waals surface area contributed by atoms with Crippen LogP contribution in [0.15, 0.2) is 5.34 Å². The minimum absolute atomic E-state index is 0.203. The van der Waals surface area contributed by atoms with Gasteiger partial charge in [-0.25, -0.2) is 0 Å². The van der Waals surface area contributed by atoms with Crippen LogP contribution in [0.2, 0.25) is 0 Å². The molecule has 1 unspecified atom stereocenters. The van der Waals surface area contributed by atoms with Crippen molar-refractivity contribution in [2.24, 2.45) is 5.34 Å². The smallest absolute Gasteiger partial charge is 0.307 e. The lowest BCUT2D eigenvalue weighted by Gasteiger charge is -2.00. The molecule has 0 bridgehead atoms. The van der Waals surface area contributed by atoms with Gasteiger partial charge in [-0.2, -0.15) is 0 Å². The van der Waals surface area contributed by atoms with E-state index in [1.165, 1.54) is 6.92 Å². The Morgan fingerprint density at radius 1 is 1.89 bits per heavy atom. The second-order valence-corrected chi connectivity index (χ2v) is 1.59. The van der Waals surface area contributed by atoms with Gasteiger partial charge >= 0.3 is 5.97 Å². The average molecular weight is 133 g/mol. The van der Waals surface area contributed by atoms with Crippen molar-refractivity contribution in [1.29, 1.82) is 0 Å². The highest BCUT2D eigenvalue weighted by molar-refractivity contribution is 5.67. The van der Waals surface area contributed by atoms with Gasteiger partial charge in [-0.3, -0.25) is 4.79 Å². The number of rotatable bonds is 4. The summed E-state index contributed by atoms with van der Waals surface area (Å²) in [4.78, 5) is 23.2. The summed E-state index contributed by atoms with van der Waals surface area (Å²) < 4.78 is 0. The van der Waals surface area contributed by atoms with Gasteiger partial charge in [0.05, 0.1) is 6.42 Å². The van der Waals surface area contributed by atoms with Gasteiger partial charge < -0.3 is 9.94 Å². The van der Waals surface area contributed by atoms with Crippen LogP contribution in [-0.4, -0.2) is 17.2 Å². The standard InChI is InChI=1S/C4H7NO4/c1-3(9-5-8)2-4(6)7/h3H,2H2,1H3,(H,6,7). The zero-order valence-electron chi connectivity index (χ0n) is 4.90. The first-order chi connectivity index (χ1) is 4.16. The number of carbonyl (C=O) groups is 1. The van der Waals surface area contributed by atoms with Gasteiger partial charge in [0.25, 0.3) is 0 Å². The first-order valence-corrected chi connectivity index (χ1v) is 2.37. The van der Waals surface area contributed by atoms with Crippen LogP contribution in [0.3, 0.4) is 0 Å². The topological polar surface area (TPSA) is 76.0 Å². The molecule has 0 radical (unpaired) electrons. The van der Waals surface area contributed by atoms with Crippen LogP contribution in [0, 0.1) is 4.91 Å². The van der Waals surface area contributed by atoms with E-state index < -0.39 is 12.1 Å². The molecule has 0 aromatic heterocycles. The summed E-state index contributed by atoms with van der Waals surface area (Å²) in [6.45, 7) is 1.45. The van der Waals surface area contributed by atoms with Gasteiger partial charge in [0.2, 0.25) is 0 Å². The van der Waals surface area contributed by atoms with Crippen LogP contribution < -0.4 is 0 Å². The molecule has 0 aromatic rings. The van der Waals surface area contributed by atoms with Crippen molar-refractivity contribution in [3.8, 4) is 0 Å². The minimum Gasteiger partial charge on any atom is -0.481 e. The molecule has 9 heavy (non-hydrogen) atoms. The maximum Gasteiger partial charge on any atom is 0.307 e. The summed E-state index contributed by atoms with van der Waals surface area (Å²) in [6.07, 6.45) is -0.842. The van der Waals surface area contributed by atoms with E-state index in [2.05, 4.69) is 10.2 Å². The maximum atomic E-state index is 9.86. The van der Waals surface area contributed by atoms with Gasteiger partial charge in [0, 0.05) is 0 Å². The van der Waals surface area contributed by atoms with Crippen LogP contribution >= 0.6 is 0 Å². The largest absolute Gasteiger partial charge is 0.481 e. The minimum atomic E-state index is -1.01. The van der Waals surface area contributed by atoms with E-state index in [9.17, 15) is 9.70 Å². The Labute approximate surface area is 51.6 Å². The van der Waals surface area contributed by atoms with Crippen molar-refractivity contribution in [1.82, 2.24) is 0 Å². The molecule has 0 amide bonds. The molecule has 5 nitrogen and oxygen atoms in total. The second-order valence-electron chi connectivity index (χ2n) is 1.59. The van der Waals surface area contributed by atoms with Crippen molar-refractivity contribution in [2.75, 3.05) is 0 Å². The fraction of sp³-hybridized carbons (Fsp3) is 0.750. The van der Waals surface area contributed by atoms with Crippen molar-refractivity contribution >= 4 is 5.97 Å². The molecule has 0 rings (SSSR count). The van der Waals surface area contributed by atoms with Crippen LogP contribution in [0.25, 0.3) is 0 Å². The summed E-state index contributed by atoms with van der Waals surface area (Å²) in [5, 5.41) is 10.2. The highest BCUT2D eigenvalue weighted by atomic mass is 16.7. The van der Waals surface area contributed by atoms with Gasteiger partial charge in [0.15, 0.2) is 5.34 Å². The van der Waals surface area contributed by atoms with Gasteiger partial charge in [-0.1, -0.05) is 0 Å². The summed E-state index contributed by atoms with van der Waals surface area (Å²) in [6, 6.07) is 0. The van der Waals surface area contributed by atoms with Crippen LogP contribution in [0.1, 0.15) is 13.3 Å². The molecule has 1 N–H and O–H groups in total. The van der Waals surface area contributed by atoms with Crippen LogP contribution in [-0.2, 0) is 9.63 Å². The molecule has 0 aliphatic heterocycles. The maximum absolute atomic E-state index is 9.86. The van der Waals surface area contributed by atoms with Crippen LogP contribution in [0.5, 0.6) is 0 Å². The van der Waals surface area contributed by atoms with E-state index in [-0.39, 0.29) is 6.42 Å². The van der Waals surface area contributed by atoms with E-state index >= 15 is 0 Å². The normalized spacial score (nSPS) is 12.1. The molecule has 0 aromatic carbocycles. The Morgan fingerprint density at radius 2 is 2.44 bits per heavy atom. The summed E-state index contributed by atoms with van der Waals surface area (Å²) >= 11 is 0. The Balaban J connectivity index is 3.37. The molecule has 0 heterocycles. The molecular weight excluding hydrogens is 126 g/mol. The molecule has 0 aliphatic carbocycles. The first kappa shape index (κ1) is 7.87. The zero-order valence-corrected chi connectivity index (χ0v) is 4.90. The van der Waals surface area contributed by atoms with Crippen molar-refractivity contribution < 1.29 is 14.7 Å². The molecule has 0 spiro atoms. The fourth-order valence-corrected chi connectivity index (χ4v) is 0.357. The monoisotopic (exact) mass is 133 g/mol. The molecular formula is C4H7NO4. The lowest BCUT2D eigenvalue weighted by molar-refractivity contribution is -0.139. The second kappa shape index (κ2) is 3.82. The molecule has 52 valence electrons. The lowest BCUT2D eigenvalue weighted by atomic mass is 10.3. The number of nitrogens with zero attached hydrogens (tertiary/aromatic N) is 1. The van der Waals surface area contributed by atoms with Crippen molar-refractivity contribution in [2.45, 2.75) is 19.4 Å². The third kappa shape index (κ3) is 4.73. The summed E-state index contributed by atoms with van der Waals surface area (Å²) in [7, 11) is 0. The predicted octanol–water partition coefficient (Wildman–Crippen LogP) is 0.548. The molecule has 0 saturated heterocycles. The fourth-order valence-electron chi connectivity index (χ4n) is 0.357. The molecule has 0 saturated carbocycles. The van der Waals surface area contributed by atoms with E-state index in [0.717, 1.165) is 0 Å². The number of hydrogen-bond acceptors (Lipinski definition) is 4. The van der Waals surface area contributed by atoms with Crippen molar-refractivity contribution in [3.05, 3.63) is 4.91 Å². The third-order valence-electron chi connectivity index (χ3n) is 0.685. The van der Waals surface area contributed by atoms with E-state index in [0.29, 0.717) is 0 Å². The van der Waals surface area contributed by atoms with Crippen LogP contribution in [0.4, 0.5) is 0 Å². The molecule has 0 aliphatic rings. The summed E-state index contributed by atoms with van der Waals surface area (Å²) in [5.74, 6) is -1.01. The molecule has 0 fully saturated rings. The van der Waals surface area contributed by atoms with E-state index in [1.54, 1.807) is 0 Å². The Kier molecular flexibility index (Phi) is 3.34. The average Bonchev–Trinajstić information content (AvgIpc) is 1.63. The zero-order chi connectivity index (χ0) is 7.28. The first-order valence-electron chi connectivity index (χ1n) is 2.37. The summed E-state index contributed by atoms with van der Waals surface area (Å²) in [5.41, 5.74) is 0. The van der Waals surface area contributed by atoms with E-state index in [1.807, 2.05) is 0 Å². The highest BCUT2D eigenvalue weighted by Gasteiger charge is 2.07. The van der Waals surface area contributed by atoms with Gasteiger partial charge in [-0.15, -0.1) is 4.91 Å². The number of hydrogen-bond donors (Lipinski definition) is 1.